The minimum absolute atomic E-state index is 0.0383. The van der Waals surface area contributed by atoms with Gasteiger partial charge >= 0.3 is 0 Å². The molecule has 0 unspecified atom stereocenters. The van der Waals surface area contributed by atoms with Crippen molar-refractivity contribution in [1.29, 1.82) is 0 Å². The van der Waals surface area contributed by atoms with Crippen LogP contribution in [-0.2, 0) is 16.8 Å². The average molecular weight is 332 g/mol. The van der Waals surface area contributed by atoms with Gasteiger partial charge in [-0.15, -0.1) is 11.3 Å². The van der Waals surface area contributed by atoms with Gasteiger partial charge in [0.05, 0.1) is 18.3 Å². The molecule has 0 aliphatic heterocycles. The topological polar surface area (TPSA) is 51.2 Å². The summed E-state index contributed by atoms with van der Waals surface area (Å²) in [5.41, 5.74) is 1.71. The maximum atomic E-state index is 12.3. The fourth-order valence-corrected chi connectivity index (χ4v) is 3.23. The molecule has 5 heteroatoms. The fraction of sp³-hybridized carbons (Fsp3) is 0.444. The Kier molecular flexibility index (Phi) is 5.42. The van der Waals surface area contributed by atoms with E-state index in [1.54, 1.807) is 18.4 Å². The summed E-state index contributed by atoms with van der Waals surface area (Å²) in [7, 11) is 1.65. The Labute approximate surface area is 141 Å². The zero-order valence-electron chi connectivity index (χ0n) is 14.4. The van der Waals surface area contributed by atoms with Crippen LogP contribution in [0.1, 0.15) is 41.4 Å². The zero-order chi connectivity index (χ0) is 17.0. The second-order valence-corrected chi connectivity index (χ2v) is 7.39. The quantitative estimate of drug-likeness (QED) is 0.876. The van der Waals surface area contributed by atoms with E-state index >= 15 is 0 Å². The number of rotatable bonds is 6. The van der Waals surface area contributed by atoms with Crippen molar-refractivity contribution in [1.82, 2.24) is 10.3 Å². The molecule has 1 N–H and O–H groups in total. The molecule has 0 saturated carbocycles. The maximum Gasteiger partial charge on any atom is 0.221 e. The molecular weight excluding hydrogens is 308 g/mol. The summed E-state index contributed by atoms with van der Waals surface area (Å²) in [6.07, 6.45) is 1.17. The summed E-state index contributed by atoms with van der Waals surface area (Å²) in [4.78, 5) is 18.0. The molecule has 0 radical (unpaired) electrons. The maximum absolute atomic E-state index is 12.3. The van der Waals surface area contributed by atoms with Gasteiger partial charge in [-0.2, -0.15) is 0 Å². The van der Waals surface area contributed by atoms with Gasteiger partial charge in [0, 0.05) is 11.3 Å². The van der Waals surface area contributed by atoms with Crippen molar-refractivity contribution >= 4 is 17.2 Å². The van der Waals surface area contributed by atoms with Gasteiger partial charge < -0.3 is 10.1 Å². The Hall–Kier alpha value is -1.88. The van der Waals surface area contributed by atoms with Gasteiger partial charge in [0.25, 0.3) is 0 Å². The minimum Gasteiger partial charge on any atom is -0.497 e. The first-order chi connectivity index (χ1) is 10.8. The Bertz CT molecular complexity index is 655. The van der Waals surface area contributed by atoms with E-state index < -0.39 is 5.54 Å². The lowest BCUT2D eigenvalue weighted by Crippen LogP contribution is -2.41. The molecule has 4 nitrogen and oxygen atoms in total. The molecule has 1 amide bonds. The van der Waals surface area contributed by atoms with Crippen molar-refractivity contribution in [3.05, 3.63) is 45.4 Å². The number of ether oxygens (including phenoxy) is 1. The summed E-state index contributed by atoms with van der Waals surface area (Å²) in [5, 5.41) is 4.04. The van der Waals surface area contributed by atoms with Gasteiger partial charge in [-0.1, -0.05) is 12.1 Å². The van der Waals surface area contributed by atoms with E-state index in [4.69, 9.17) is 4.74 Å². The Morgan fingerprint density at radius 3 is 2.43 bits per heavy atom. The first-order valence-corrected chi connectivity index (χ1v) is 8.52. The monoisotopic (exact) mass is 332 g/mol. The van der Waals surface area contributed by atoms with E-state index in [0.717, 1.165) is 22.0 Å². The molecule has 2 aromatic rings. The highest BCUT2D eigenvalue weighted by molar-refractivity contribution is 7.11. The van der Waals surface area contributed by atoms with Crippen LogP contribution in [0.15, 0.2) is 24.3 Å². The van der Waals surface area contributed by atoms with Crippen molar-refractivity contribution in [2.45, 2.75) is 46.1 Å². The molecule has 1 aromatic heterocycles. The van der Waals surface area contributed by atoms with Gasteiger partial charge in [0.1, 0.15) is 10.8 Å². The molecule has 0 fully saturated rings. The number of hydrogen-bond acceptors (Lipinski definition) is 4. The molecule has 0 bridgehead atoms. The van der Waals surface area contributed by atoms with E-state index in [9.17, 15) is 4.79 Å². The second-order valence-electron chi connectivity index (χ2n) is 6.18. The lowest BCUT2D eigenvalue weighted by Gasteiger charge is -2.24. The highest BCUT2D eigenvalue weighted by atomic mass is 32.1. The number of nitrogens with one attached hydrogen (secondary N) is 1. The van der Waals surface area contributed by atoms with E-state index in [1.807, 2.05) is 45.0 Å². The van der Waals surface area contributed by atoms with Crippen LogP contribution < -0.4 is 10.1 Å². The van der Waals surface area contributed by atoms with E-state index in [-0.39, 0.29) is 5.91 Å². The van der Waals surface area contributed by atoms with Crippen LogP contribution in [0.5, 0.6) is 5.75 Å². The predicted molar refractivity (Wildman–Crippen MR) is 94.1 cm³/mol. The van der Waals surface area contributed by atoms with E-state index in [1.165, 1.54) is 4.88 Å². The van der Waals surface area contributed by atoms with Crippen LogP contribution in [-0.4, -0.2) is 18.0 Å². The SMILES string of the molecule is COc1ccc(CCC(=O)NC(C)(C)c2nc(C)c(C)s2)cc1. The third-order valence-electron chi connectivity index (χ3n) is 3.81. The van der Waals surface area contributed by atoms with E-state index in [2.05, 4.69) is 17.2 Å². The summed E-state index contributed by atoms with van der Waals surface area (Å²) in [6, 6.07) is 7.81. The van der Waals surface area contributed by atoms with Crippen LogP contribution in [0.2, 0.25) is 0 Å². The number of aryl methyl sites for hydroxylation is 3. The summed E-state index contributed by atoms with van der Waals surface area (Å²) in [5.74, 6) is 0.866. The normalized spacial score (nSPS) is 11.3. The molecule has 0 spiro atoms. The number of carbonyl (C=O) groups is 1. The molecule has 1 aromatic carbocycles. The van der Waals surface area contributed by atoms with Gasteiger partial charge in [0.15, 0.2) is 0 Å². The second kappa shape index (κ2) is 7.13. The molecule has 0 aliphatic rings. The van der Waals surface area contributed by atoms with Crippen LogP contribution in [0.4, 0.5) is 0 Å². The van der Waals surface area contributed by atoms with E-state index in [0.29, 0.717) is 12.8 Å². The van der Waals surface area contributed by atoms with Crippen molar-refractivity contribution < 1.29 is 9.53 Å². The molecule has 1 heterocycles. The van der Waals surface area contributed by atoms with Crippen molar-refractivity contribution in [2.24, 2.45) is 0 Å². The smallest absolute Gasteiger partial charge is 0.221 e. The molecule has 0 atom stereocenters. The number of aromatic nitrogens is 1. The van der Waals surface area contributed by atoms with Crippen molar-refractivity contribution in [3.63, 3.8) is 0 Å². The lowest BCUT2D eigenvalue weighted by atomic mass is 10.1. The third kappa shape index (κ3) is 4.55. The summed E-state index contributed by atoms with van der Waals surface area (Å²) >= 11 is 1.64. The number of carbonyl (C=O) groups excluding carboxylic acids is 1. The number of amides is 1. The first kappa shape index (κ1) is 17.5. The minimum atomic E-state index is -0.444. The lowest BCUT2D eigenvalue weighted by molar-refractivity contribution is -0.122. The Balaban J connectivity index is 1.92. The standard InChI is InChI=1S/C18H24N2O2S/c1-12-13(2)23-17(19-12)18(3,4)20-16(21)11-8-14-6-9-15(22-5)10-7-14/h6-7,9-10H,8,11H2,1-5H3,(H,20,21). The molecule has 0 saturated heterocycles. The number of methoxy groups -OCH3 is 1. The average Bonchev–Trinajstić information content (AvgIpc) is 2.86. The Morgan fingerprint density at radius 2 is 1.91 bits per heavy atom. The van der Waals surface area contributed by atoms with Gasteiger partial charge in [-0.25, -0.2) is 4.98 Å². The van der Waals surface area contributed by atoms with Crippen molar-refractivity contribution in [3.8, 4) is 5.75 Å². The molecule has 124 valence electrons. The fourth-order valence-electron chi connectivity index (χ4n) is 2.25. The predicted octanol–water partition coefficient (Wildman–Crippen LogP) is 3.75. The van der Waals surface area contributed by atoms with Crippen LogP contribution in [0.3, 0.4) is 0 Å². The van der Waals surface area contributed by atoms with Crippen molar-refractivity contribution in [2.75, 3.05) is 7.11 Å². The number of hydrogen-bond donors (Lipinski definition) is 1. The van der Waals surface area contributed by atoms with Gasteiger partial charge in [-0.05, 0) is 51.8 Å². The molecular formula is C18H24N2O2S. The molecule has 0 aliphatic carbocycles. The van der Waals surface area contributed by atoms with Crippen LogP contribution >= 0.6 is 11.3 Å². The third-order valence-corrected chi connectivity index (χ3v) is 5.21. The number of thiazole rings is 1. The number of nitrogens with zero attached hydrogens (tertiary/aromatic N) is 1. The number of benzene rings is 1. The summed E-state index contributed by atoms with van der Waals surface area (Å²) < 4.78 is 5.14. The largest absolute Gasteiger partial charge is 0.497 e. The highest BCUT2D eigenvalue weighted by Crippen LogP contribution is 2.27. The van der Waals surface area contributed by atoms with Gasteiger partial charge in [-0.3, -0.25) is 4.79 Å². The molecule has 2 rings (SSSR count). The van der Waals surface area contributed by atoms with Crippen LogP contribution in [0, 0.1) is 13.8 Å². The summed E-state index contributed by atoms with van der Waals surface area (Å²) in [6.45, 7) is 8.04. The molecule has 23 heavy (non-hydrogen) atoms. The Morgan fingerprint density at radius 1 is 1.26 bits per heavy atom. The zero-order valence-corrected chi connectivity index (χ0v) is 15.2. The van der Waals surface area contributed by atoms with Gasteiger partial charge in [0.2, 0.25) is 5.91 Å². The first-order valence-electron chi connectivity index (χ1n) is 7.70. The van der Waals surface area contributed by atoms with Crippen LogP contribution in [0.25, 0.3) is 0 Å². The highest BCUT2D eigenvalue weighted by Gasteiger charge is 2.26.